The Balaban J connectivity index is 0.867. The number of carbonyl (C=O) groups is 1. The van der Waals surface area contributed by atoms with Crippen molar-refractivity contribution in [2.45, 2.75) is 104 Å². The van der Waals surface area contributed by atoms with Crippen LogP contribution >= 0.6 is 0 Å². The van der Waals surface area contributed by atoms with Crippen LogP contribution in [-0.2, 0) is 11.2 Å². The molecule has 0 aromatic heterocycles. The van der Waals surface area contributed by atoms with Crippen LogP contribution in [-0.4, -0.2) is 19.7 Å². The first kappa shape index (κ1) is 44.2. The predicted molar refractivity (Wildman–Crippen MR) is 258 cm³/mol. The van der Waals surface area contributed by atoms with Gasteiger partial charge in [0.05, 0.1) is 6.61 Å². The molecule has 1 radical (unpaired) electrons. The van der Waals surface area contributed by atoms with E-state index in [1.807, 2.05) is 18.2 Å². The second kappa shape index (κ2) is 22.3. The third kappa shape index (κ3) is 13.6. The number of ketones is 1. The molecular weight excluding hydrogens is 731 g/mol. The van der Waals surface area contributed by atoms with Gasteiger partial charge in [0.1, 0.15) is 17.3 Å². The molecule has 1 fully saturated rings. The standard InChI is InChI=1S/C56H64BO3/c1-7-40(3)17-18-44(8-2)16-13-15-42(5)60-55-32-29-52-37-49(24-26-53(52)38-55)43(6)59-33-12-10-9-11-14-41(4)48-23-25-50-34-46(21-22-51(50)36-48)35-56(58)47-27-30-54(31-28-47)57-39-45-19-20-45/h8,13,16,21-32,34,36-38,40,45H,4-7,9-12,14-15,17-20,33,35,39H2,1-3H3/b16-13-,44-8+. The Morgan fingerprint density at radius 3 is 2.20 bits per heavy atom. The van der Waals surface area contributed by atoms with Crippen LogP contribution in [0.4, 0.5) is 0 Å². The zero-order valence-corrected chi connectivity index (χ0v) is 36.4. The van der Waals surface area contributed by atoms with E-state index in [-0.39, 0.29) is 5.78 Å². The number of carbonyl (C=O) groups excluding carboxylic acids is 1. The summed E-state index contributed by atoms with van der Waals surface area (Å²) in [5.41, 5.74) is 7.74. The Morgan fingerprint density at radius 2 is 1.45 bits per heavy atom. The van der Waals surface area contributed by atoms with Gasteiger partial charge in [-0.25, -0.2) is 0 Å². The van der Waals surface area contributed by atoms with Crippen LogP contribution in [0.5, 0.6) is 5.75 Å². The van der Waals surface area contributed by atoms with Gasteiger partial charge in [-0.1, -0.05) is 174 Å². The molecule has 0 N–H and O–H groups in total. The van der Waals surface area contributed by atoms with Crippen molar-refractivity contribution in [1.82, 2.24) is 0 Å². The first-order chi connectivity index (χ1) is 29.2. The average molecular weight is 796 g/mol. The van der Waals surface area contributed by atoms with Crippen molar-refractivity contribution in [1.29, 1.82) is 0 Å². The van der Waals surface area contributed by atoms with Gasteiger partial charge < -0.3 is 9.47 Å². The number of allylic oxidation sites excluding steroid dienone is 5. The van der Waals surface area contributed by atoms with Gasteiger partial charge in [-0.2, -0.15) is 0 Å². The third-order valence-corrected chi connectivity index (χ3v) is 12.0. The second-order valence-corrected chi connectivity index (χ2v) is 16.9. The molecule has 309 valence electrons. The molecule has 1 atom stereocenters. The molecule has 6 rings (SSSR count). The molecule has 1 saturated carbocycles. The first-order valence-corrected chi connectivity index (χ1v) is 22.4. The molecule has 0 spiro atoms. The molecule has 1 aliphatic carbocycles. The minimum absolute atomic E-state index is 0.156. The Kier molecular flexibility index (Phi) is 16.4. The highest BCUT2D eigenvalue weighted by Gasteiger charge is 2.21. The van der Waals surface area contributed by atoms with Crippen molar-refractivity contribution < 1.29 is 14.3 Å². The highest BCUT2D eigenvalue weighted by molar-refractivity contribution is 6.53. The van der Waals surface area contributed by atoms with Crippen molar-refractivity contribution in [3.05, 3.63) is 169 Å². The van der Waals surface area contributed by atoms with E-state index in [4.69, 9.17) is 9.47 Å². The molecule has 5 aromatic rings. The second-order valence-electron chi connectivity index (χ2n) is 16.9. The summed E-state index contributed by atoms with van der Waals surface area (Å²) in [6.45, 7) is 20.1. The lowest BCUT2D eigenvalue weighted by molar-refractivity contribution is 0.0993. The number of benzene rings is 5. The van der Waals surface area contributed by atoms with E-state index in [9.17, 15) is 4.79 Å². The number of fused-ring (bicyclic) bond motifs is 2. The molecule has 60 heavy (non-hydrogen) atoms. The van der Waals surface area contributed by atoms with Gasteiger partial charge in [-0.3, -0.25) is 4.79 Å². The lowest BCUT2D eigenvalue weighted by Crippen LogP contribution is -2.15. The summed E-state index contributed by atoms with van der Waals surface area (Å²) in [6, 6.07) is 33.5. The van der Waals surface area contributed by atoms with Crippen molar-refractivity contribution in [3.8, 4) is 5.75 Å². The Hall–Kier alpha value is -5.35. The normalized spacial score (nSPS) is 13.4. The van der Waals surface area contributed by atoms with E-state index in [2.05, 4.69) is 145 Å². The van der Waals surface area contributed by atoms with Crippen LogP contribution < -0.4 is 10.2 Å². The molecular formula is C56H64BO3. The number of ether oxygens (including phenoxy) is 2. The molecule has 0 bridgehead atoms. The third-order valence-electron chi connectivity index (χ3n) is 12.0. The highest BCUT2D eigenvalue weighted by Crippen LogP contribution is 2.32. The van der Waals surface area contributed by atoms with Crippen molar-refractivity contribution in [2.75, 3.05) is 6.61 Å². The number of hydrogen-bond donors (Lipinski definition) is 0. The SMILES string of the molecule is C=C(C/C=C\C(=C/C)CCC(C)CC)Oc1ccc2cc(C(=C)OCCCCCCC(=C)c3ccc4cc(CC(=O)c5ccc([B]CC6CC6)cc5)ccc4c3)ccc2c1. The van der Waals surface area contributed by atoms with Gasteiger partial charge in [-0.05, 0) is 113 Å². The number of hydrogen-bond acceptors (Lipinski definition) is 3. The van der Waals surface area contributed by atoms with E-state index >= 15 is 0 Å². The molecule has 0 heterocycles. The fraction of sp³-hybridized carbons (Fsp3) is 0.339. The van der Waals surface area contributed by atoms with E-state index in [0.29, 0.717) is 25.2 Å². The molecule has 1 unspecified atom stereocenters. The van der Waals surface area contributed by atoms with Gasteiger partial charge >= 0.3 is 0 Å². The Bertz CT molecular complexity index is 2320. The summed E-state index contributed by atoms with van der Waals surface area (Å²) in [6.07, 6.45) is 20.3. The molecule has 4 heteroatoms. The van der Waals surface area contributed by atoms with Gasteiger partial charge in [0.25, 0.3) is 0 Å². The Labute approximate surface area is 361 Å². The molecule has 0 amide bonds. The first-order valence-electron chi connectivity index (χ1n) is 22.4. The topological polar surface area (TPSA) is 35.5 Å². The smallest absolute Gasteiger partial charge is 0.167 e. The highest BCUT2D eigenvalue weighted by atomic mass is 16.5. The van der Waals surface area contributed by atoms with Crippen molar-refractivity contribution >= 4 is 51.4 Å². The lowest BCUT2D eigenvalue weighted by Gasteiger charge is -2.12. The van der Waals surface area contributed by atoms with Crippen molar-refractivity contribution in [3.63, 3.8) is 0 Å². The van der Waals surface area contributed by atoms with Gasteiger partial charge in [-0.15, -0.1) is 0 Å². The van der Waals surface area contributed by atoms with Crippen LogP contribution in [0.3, 0.4) is 0 Å². The maximum Gasteiger partial charge on any atom is 0.167 e. The maximum atomic E-state index is 13.0. The van der Waals surface area contributed by atoms with Gasteiger partial charge in [0.15, 0.2) is 13.1 Å². The summed E-state index contributed by atoms with van der Waals surface area (Å²) in [5, 5.41) is 4.55. The van der Waals surface area contributed by atoms with E-state index in [1.54, 1.807) is 0 Å². The molecule has 0 aliphatic heterocycles. The summed E-state index contributed by atoms with van der Waals surface area (Å²) in [4.78, 5) is 13.0. The monoisotopic (exact) mass is 795 g/mol. The average Bonchev–Trinajstić information content (AvgIpc) is 4.10. The number of rotatable bonds is 25. The minimum atomic E-state index is 0.156. The molecule has 0 saturated heterocycles. The van der Waals surface area contributed by atoms with Crippen LogP contribution in [0.1, 0.15) is 118 Å². The van der Waals surface area contributed by atoms with Crippen LogP contribution in [0.25, 0.3) is 32.9 Å². The van der Waals surface area contributed by atoms with Crippen LogP contribution in [0.15, 0.2) is 146 Å². The van der Waals surface area contributed by atoms with E-state index in [0.717, 1.165) is 107 Å². The quantitative estimate of drug-likeness (QED) is 0.0194. The minimum Gasteiger partial charge on any atom is -0.494 e. The van der Waals surface area contributed by atoms with Crippen LogP contribution in [0.2, 0.25) is 6.32 Å². The fourth-order valence-electron chi connectivity index (χ4n) is 7.54. The van der Waals surface area contributed by atoms with E-state index in [1.165, 1.54) is 47.7 Å². The zero-order valence-electron chi connectivity index (χ0n) is 36.4. The van der Waals surface area contributed by atoms with Crippen LogP contribution in [0, 0.1) is 11.8 Å². The largest absolute Gasteiger partial charge is 0.494 e. The number of Topliss-reactive ketones (excluding diaryl/α,β-unsaturated/α-hetero) is 1. The lowest BCUT2D eigenvalue weighted by atomic mass is 9.66. The maximum absolute atomic E-state index is 13.0. The molecule has 5 aromatic carbocycles. The summed E-state index contributed by atoms with van der Waals surface area (Å²) < 4.78 is 12.2. The fourth-order valence-corrected chi connectivity index (χ4v) is 7.54. The molecule has 1 aliphatic rings. The predicted octanol–water partition coefficient (Wildman–Crippen LogP) is 14.8. The van der Waals surface area contributed by atoms with Gasteiger partial charge in [0.2, 0.25) is 0 Å². The van der Waals surface area contributed by atoms with Crippen molar-refractivity contribution in [2.24, 2.45) is 11.8 Å². The molecule has 3 nitrogen and oxygen atoms in total. The number of unbranched alkanes of at least 4 members (excludes halogenated alkanes) is 3. The summed E-state index contributed by atoms with van der Waals surface area (Å²) >= 11 is 0. The summed E-state index contributed by atoms with van der Waals surface area (Å²) in [5.74, 6) is 4.00. The van der Waals surface area contributed by atoms with Gasteiger partial charge in [0, 0.05) is 24.0 Å². The zero-order chi connectivity index (χ0) is 42.3. The Morgan fingerprint density at radius 1 is 0.783 bits per heavy atom. The van der Waals surface area contributed by atoms with E-state index < -0.39 is 0 Å². The summed E-state index contributed by atoms with van der Waals surface area (Å²) in [7, 11) is 2.29.